The summed E-state index contributed by atoms with van der Waals surface area (Å²) in [5, 5.41) is 22.4. The molecule has 2 N–H and O–H groups in total. The minimum absolute atomic E-state index is 0.0717. The Hall–Kier alpha value is -2.78. The van der Waals surface area contributed by atoms with Crippen molar-refractivity contribution in [1.29, 1.82) is 0 Å². The number of aliphatic hydroxyl groups excluding tert-OH is 1. The number of oxime groups is 1. The average molecular weight is 527 g/mol. The van der Waals surface area contributed by atoms with Crippen LogP contribution >= 0.6 is 0 Å². The molecule has 4 atom stereocenters. The van der Waals surface area contributed by atoms with Gasteiger partial charge in [-0.05, 0) is 50.2 Å². The molecule has 0 amide bonds. The maximum absolute atomic E-state index is 13.8. The largest absolute Gasteiger partial charge is 0.476 e. The number of fused-ring (bicyclic) bond motifs is 1. The second-order valence-corrected chi connectivity index (χ2v) is 10.9. The number of piperidine rings is 1. The van der Waals surface area contributed by atoms with Gasteiger partial charge in [-0.15, -0.1) is 0 Å². The molecule has 9 heteroatoms. The van der Waals surface area contributed by atoms with E-state index in [2.05, 4.69) is 28.9 Å². The van der Waals surface area contributed by atoms with Crippen molar-refractivity contribution in [3.8, 4) is 0 Å². The zero-order chi connectivity index (χ0) is 27.1. The summed E-state index contributed by atoms with van der Waals surface area (Å²) in [5.41, 5.74) is -0.0195. The SMILES string of the molecule is CC[C@@H]1C[C@H](n2c(=O)c(/C(=N/OCCO)C(=O)O)nc3ccccc32)CCN1[C@@H]1CCCCCC[C@@H](C)C1. The third kappa shape index (κ3) is 6.43. The third-order valence-corrected chi connectivity index (χ3v) is 8.26. The Bertz CT molecular complexity index is 1180. The van der Waals surface area contributed by atoms with E-state index >= 15 is 0 Å². The van der Waals surface area contributed by atoms with Gasteiger partial charge in [-0.25, -0.2) is 9.78 Å². The quantitative estimate of drug-likeness (QED) is 0.298. The van der Waals surface area contributed by atoms with E-state index in [4.69, 9.17) is 9.94 Å². The van der Waals surface area contributed by atoms with Crippen LogP contribution in [0.1, 0.15) is 89.8 Å². The fourth-order valence-corrected chi connectivity index (χ4v) is 6.40. The summed E-state index contributed by atoms with van der Waals surface area (Å²) in [5.74, 6) is -0.672. The molecule has 0 radical (unpaired) electrons. The third-order valence-electron chi connectivity index (χ3n) is 8.26. The van der Waals surface area contributed by atoms with Gasteiger partial charge < -0.3 is 19.6 Å². The highest BCUT2D eigenvalue weighted by atomic mass is 16.6. The van der Waals surface area contributed by atoms with Crippen LogP contribution in [0.15, 0.2) is 34.2 Å². The van der Waals surface area contributed by atoms with Gasteiger partial charge in [0.25, 0.3) is 5.56 Å². The second-order valence-electron chi connectivity index (χ2n) is 10.9. The minimum atomic E-state index is -1.40. The molecule has 2 aliphatic rings. The lowest BCUT2D eigenvalue weighted by Crippen LogP contribution is -2.50. The Morgan fingerprint density at radius 1 is 1.11 bits per heavy atom. The number of aliphatic hydroxyl groups is 1. The van der Waals surface area contributed by atoms with E-state index in [0.717, 1.165) is 31.7 Å². The summed E-state index contributed by atoms with van der Waals surface area (Å²) >= 11 is 0. The molecular formula is C29H42N4O5. The number of para-hydroxylation sites is 2. The second kappa shape index (κ2) is 13.3. The van der Waals surface area contributed by atoms with Gasteiger partial charge in [-0.2, -0.15) is 0 Å². The molecular weight excluding hydrogens is 484 g/mol. The molecule has 0 spiro atoms. The first kappa shape index (κ1) is 28.2. The van der Waals surface area contributed by atoms with Gasteiger partial charge in [0.1, 0.15) is 6.61 Å². The molecule has 1 aliphatic carbocycles. The van der Waals surface area contributed by atoms with Crippen molar-refractivity contribution in [2.75, 3.05) is 19.8 Å². The molecule has 0 unspecified atom stereocenters. The van der Waals surface area contributed by atoms with Crippen LogP contribution in [0.2, 0.25) is 0 Å². The average Bonchev–Trinajstić information content (AvgIpc) is 3.02. The smallest absolute Gasteiger partial charge is 0.360 e. The summed E-state index contributed by atoms with van der Waals surface area (Å²) in [7, 11) is 0. The lowest BCUT2D eigenvalue weighted by atomic mass is 9.88. The van der Waals surface area contributed by atoms with E-state index in [0.29, 0.717) is 23.1 Å². The number of carbonyl (C=O) groups is 1. The first-order chi connectivity index (χ1) is 18.4. The molecule has 1 saturated carbocycles. The Morgan fingerprint density at radius 3 is 2.61 bits per heavy atom. The topological polar surface area (TPSA) is 117 Å². The summed E-state index contributed by atoms with van der Waals surface area (Å²) in [6.45, 7) is 5.04. The van der Waals surface area contributed by atoms with Gasteiger partial charge >= 0.3 is 5.97 Å². The van der Waals surface area contributed by atoms with Crippen molar-refractivity contribution >= 4 is 22.7 Å². The number of aliphatic carboxylic acids is 1. The van der Waals surface area contributed by atoms with E-state index in [1.807, 2.05) is 18.2 Å². The van der Waals surface area contributed by atoms with Crippen molar-refractivity contribution < 1.29 is 19.8 Å². The van der Waals surface area contributed by atoms with Crippen molar-refractivity contribution in [1.82, 2.24) is 14.5 Å². The van der Waals surface area contributed by atoms with E-state index in [1.165, 1.54) is 44.9 Å². The summed E-state index contributed by atoms with van der Waals surface area (Å²) < 4.78 is 1.74. The number of benzene rings is 1. The van der Waals surface area contributed by atoms with Gasteiger partial charge in [-0.3, -0.25) is 9.69 Å². The number of carboxylic acid groups (broad SMARTS) is 1. The lowest BCUT2D eigenvalue weighted by Gasteiger charge is -2.45. The van der Waals surface area contributed by atoms with Gasteiger partial charge in [0.15, 0.2) is 5.69 Å². The van der Waals surface area contributed by atoms with Gasteiger partial charge in [0.2, 0.25) is 5.71 Å². The molecule has 208 valence electrons. The van der Waals surface area contributed by atoms with Crippen LogP contribution in [0.5, 0.6) is 0 Å². The Morgan fingerprint density at radius 2 is 1.87 bits per heavy atom. The van der Waals surface area contributed by atoms with Crippen LogP contribution in [-0.2, 0) is 9.63 Å². The van der Waals surface area contributed by atoms with Gasteiger partial charge in [0, 0.05) is 24.7 Å². The van der Waals surface area contributed by atoms with Crippen molar-refractivity contribution in [2.45, 2.75) is 96.2 Å². The number of carboxylic acids is 1. The molecule has 0 bridgehead atoms. The van der Waals surface area contributed by atoms with Crippen LogP contribution in [0.25, 0.3) is 11.0 Å². The molecule has 1 aromatic heterocycles. The Labute approximate surface area is 224 Å². The van der Waals surface area contributed by atoms with Gasteiger partial charge in [0.05, 0.1) is 17.6 Å². The minimum Gasteiger partial charge on any atom is -0.476 e. The normalized spacial score (nSPS) is 25.9. The highest BCUT2D eigenvalue weighted by molar-refractivity contribution is 6.41. The lowest BCUT2D eigenvalue weighted by molar-refractivity contribution is -0.129. The van der Waals surface area contributed by atoms with Gasteiger partial charge in [-0.1, -0.05) is 63.2 Å². The van der Waals surface area contributed by atoms with Crippen molar-refractivity contribution in [3.63, 3.8) is 0 Å². The number of rotatable bonds is 8. The zero-order valence-corrected chi connectivity index (χ0v) is 22.7. The first-order valence-corrected chi connectivity index (χ1v) is 14.3. The molecule has 2 fully saturated rings. The molecule has 1 saturated heterocycles. The Balaban J connectivity index is 1.68. The van der Waals surface area contributed by atoms with Crippen LogP contribution in [0.3, 0.4) is 0 Å². The number of aromatic nitrogens is 2. The molecule has 9 nitrogen and oxygen atoms in total. The number of hydrogen-bond donors (Lipinski definition) is 2. The van der Waals surface area contributed by atoms with Crippen molar-refractivity contribution in [2.24, 2.45) is 11.1 Å². The predicted octanol–water partition coefficient (Wildman–Crippen LogP) is 4.36. The number of likely N-dealkylation sites (tertiary alicyclic amines) is 1. The van der Waals surface area contributed by atoms with Crippen LogP contribution in [-0.4, -0.2) is 68.2 Å². The first-order valence-electron chi connectivity index (χ1n) is 14.3. The number of hydrogen-bond acceptors (Lipinski definition) is 7. The van der Waals surface area contributed by atoms with E-state index in [-0.39, 0.29) is 24.9 Å². The highest BCUT2D eigenvalue weighted by Gasteiger charge is 2.35. The van der Waals surface area contributed by atoms with E-state index < -0.39 is 17.2 Å². The van der Waals surface area contributed by atoms with Crippen molar-refractivity contribution in [3.05, 3.63) is 40.3 Å². The van der Waals surface area contributed by atoms with Crippen LogP contribution in [0, 0.1) is 5.92 Å². The Kier molecular flexibility index (Phi) is 9.91. The number of nitrogens with zero attached hydrogens (tertiary/aromatic N) is 4. The molecule has 1 aliphatic heterocycles. The molecule has 2 aromatic rings. The summed E-state index contributed by atoms with van der Waals surface area (Å²) in [4.78, 5) is 37.9. The maximum atomic E-state index is 13.8. The molecule has 1 aromatic carbocycles. The predicted molar refractivity (Wildman–Crippen MR) is 148 cm³/mol. The zero-order valence-electron chi connectivity index (χ0n) is 22.7. The standard InChI is InChI=1S/C29H42N4O5/c1-3-21-19-23(14-15-32(21)22-11-7-5-4-6-10-20(2)18-22)33-25-13-9-8-12-24(25)30-26(28(33)35)27(29(36)37)31-38-17-16-34/h8-9,12-13,20-23,34H,3-7,10-11,14-19H2,1-2H3,(H,36,37)/b31-27-/t20-,21-,22-,23-/m1/s1. The summed E-state index contributed by atoms with van der Waals surface area (Å²) in [6.07, 6.45) is 11.7. The monoisotopic (exact) mass is 526 g/mol. The van der Waals surface area contributed by atoms with Crippen LogP contribution < -0.4 is 5.56 Å². The van der Waals surface area contributed by atoms with E-state index in [9.17, 15) is 14.7 Å². The molecule has 38 heavy (non-hydrogen) atoms. The summed E-state index contributed by atoms with van der Waals surface area (Å²) in [6, 6.07) is 8.22. The fourth-order valence-electron chi connectivity index (χ4n) is 6.40. The highest BCUT2D eigenvalue weighted by Crippen LogP contribution is 2.35. The van der Waals surface area contributed by atoms with Crippen LogP contribution in [0.4, 0.5) is 0 Å². The molecule has 2 heterocycles. The maximum Gasteiger partial charge on any atom is 0.360 e. The molecule has 4 rings (SSSR count). The van der Waals surface area contributed by atoms with E-state index in [1.54, 1.807) is 10.6 Å². The fraction of sp³-hybridized carbons (Fsp3) is 0.655.